The second kappa shape index (κ2) is 6.52. The molecular formula is C16H17F3NS+. The molecular weight excluding hydrogens is 295 g/mol. The summed E-state index contributed by atoms with van der Waals surface area (Å²) in [6.07, 6.45) is 1.55. The standard InChI is InChI=1S/C16H17F3NS/c1-3-5-12-11-20(2)9-8-15(12)21-14-7-4-6-13(10-14)16(17,18)19/h4,6-11H,3,5H2,1-2H3/q+1. The molecule has 1 nitrogen and oxygen atoms in total. The zero-order chi connectivity index (χ0) is 15.5. The Morgan fingerprint density at radius 1 is 1.19 bits per heavy atom. The number of hydrogen-bond donors (Lipinski definition) is 0. The molecule has 0 fully saturated rings. The molecule has 0 aliphatic heterocycles. The molecule has 0 aliphatic rings. The van der Waals surface area contributed by atoms with Gasteiger partial charge in [-0.05, 0) is 24.6 Å². The number of alkyl halides is 3. The van der Waals surface area contributed by atoms with Crippen molar-refractivity contribution in [2.75, 3.05) is 0 Å². The van der Waals surface area contributed by atoms with Crippen molar-refractivity contribution in [3.8, 4) is 0 Å². The third-order valence-corrected chi connectivity index (χ3v) is 4.15. The molecule has 1 aromatic heterocycles. The molecule has 0 radical (unpaired) electrons. The maximum Gasteiger partial charge on any atom is 0.416 e. The third kappa shape index (κ3) is 4.24. The predicted octanol–water partition coefficient (Wildman–Crippen LogP) is 4.63. The van der Waals surface area contributed by atoms with Crippen LogP contribution in [0.3, 0.4) is 0 Å². The van der Waals surface area contributed by atoms with Crippen LogP contribution < -0.4 is 4.57 Å². The van der Waals surface area contributed by atoms with E-state index in [2.05, 4.69) is 6.92 Å². The lowest BCUT2D eigenvalue weighted by atomic mass is 10.2. The molecule has 5 heteroatoms. The van der Waals surface area contributed by atoms with Crippen LogP contribution in [0.25, 0.3) is 0 Å². The summed E-state index contributed by atoms with van der Waals surface area (Å²) in [7, 11) is 1.94. The van der Waals surface area contributed by atoms with E-state index in [1.54, 1.807) is 6.07 Å². The molecule has 1 heterocycles. The summed E-state index contributed by atoms with van der Waals surface area (Å²) in [5, 5.41) is 0. The van der Waals surface area contributed by atoms with E-state index in [4.69, 9.17) is 0 Å². The van der Waals surface area contributed by atoms with Crippen LogP contribution in [-0.4, -0.2) is 0 Å². The van der Waals surface area contributed by atoms with E-state index in [1.807, 2.05) is 30.1 Å². The van der Waals surface area contributed by atoms with Crippen molar-refractivity contribution in [2.24, 2.45) is 7.05 Å². The smallest absolute Gasteiger partial charge is 0.207 e. The molecule has 0 unspecified atom stereocenters. The monoisotopic (exact) mass is 312 g/mol. The van der Waals surface area contributed by atoms with Crippen LogP contribution >= 0.6 is 11.8 Å². The molecule has 0 bridgehead atoms. The third-order valence-electron chi connectivity index (χ3n) is 3.05. The molecule has 0 amide bonds. The average molecular weight is 312 g/mol. The molecule has 21 heavy (non-hydrogen) atoms. The molecule has 2 aromatic rings. The Kier molecular flexibility index (Phi) is 4.93. The Hall–Kier alpha value is -1.49. The van der Waals surface area contributed by atoms with Crippen LogP contribution in [0.2, 0.25) is 0 Å². The second-order valence-electron chi connectivity index (χ2n) is 4.88. The van der Waals surface area contributed by atoms with E-state index < -0.39 is 11.7 Å². The van der Waals surface area contributed by atoms with Crippen LogP contribution in [-0.2, 0) is 19.6 Å². The van der Waals surface area contributed by atoms with Crippen LogP contribution in [0.5, 0.6) is 0 Å². The van der Waals surface area contributed by atoms with Gasteiger partial charge >= 0.3 is 6.18 Å². The highest BCUT2D eigenvalue weighted by molar-refractivity contribution is 7.99. The minimum Gasteiger partial charge on any atom is -0.207 e. The van der Waals surface area contributed by atoms with Gasteiger partial charge in [-0.15, -0.1) is 0 Å². The fourth-order valence-corrected chi connectivity index (χ4v) is 3.07. The van der Waals surface area contributed by atoms with E-state index in [1.165, 1.54) is 23.9 Å². The van der Waals surface area contributed by atoms with Gasteiger partial charge in [0.05, 0.1) is 5.56 Å². The Bertz CT molecular complexity index is 623. The van der Waals surface area contributed by atoms with Gasteiger partial charge in [0, 0.05) is 21.4 Å². The first kappa shape index (κ1) is 15.9. The molecule has 0 atom stereocenters. The van der Waals surface area contributed by atoms with E-state index in [0.717, 1.165) is 29.4 Å². The van der Waals surface area contributed by atoms with Crippen LogP contribution in [0.1, 0.15) is 24.5 Å². The molecule has 112 valence electrons. The lowest BCUT2D eigenvalue weighted by Crippen LogP contribution is -2.27. The first-order chi connectivity index (χ1) is 9.90. The highest BCUT2D eigenvalue weighted by atomic mass is 32.2. The Balaban J connectivity index is 2.30. The van der Waals surface area contributed by atoms with Gasteiger partial charge in [-0.25, -0.2) is 4.57 Å². The van der Waals surface area contributed by atoms with Crippen molar-refractivity contribution in [1.82, 2.24) is 0 Å². The second-order valence-corrected chi connectivity index (χ2v) is 5.99. The summed E-state index contributed by atoms with van der Waals surface area (Å²) in [6.45, 7) is 2.09. The van der Waals surface area contributed by atoms with Gasteiger partial charge in [-0.3, -0.25) is 0 Å². The molecule has 0 spiro atoms. The lowest BCUT2D eigenvalue weighted by molar-refractivity contribution is -0.672. The number of aromatic nitrogens is 1. The van der Waals surface area contributed by atoms with Gasteiger partial charge in [-0.1, -0.05) is 31.2 Å². The van der Waals surface area contributed by atoms with E-state index >= 15 is 0 Å². The maximum atomic E-state index is 12.7. The van der Waals surface area contributed by atoms with Crippen molar-refractivity contribution in [2.45, 2.75) is 35.7 Å². The summed E-state index contributed by atoms with van der Waals surface area (Å²) in [6, 6.07) is 7.42. The number of benzene rings is 1. The van der Waals surface area contributed by atoms with Gasteiger partial charge in [0.15, 0.2) is 12.4 Å². The Morgan fingerprint density at radius 2 is 1.95 bits per heavy atom. The largest absolute Gasteiger partial charge is 0.416 e. The van der Waals surface area contributed by atoms with E-state index in [0.29, 0.717) is 4.90 Å². The van der Waals surface area contributed by atoms with Crippen LogP contribution in [0, 0.1) is 0 Å². The summed E-state index contributed by atoms with van der Waals surface area (Å²) < 4.78 is 40.2. The van der Waals surface area contributed by atoms with Crippen molar-refractivity contribution in [3.63, 3.8) is 0 Å². The average Bonchev–Trinajstić information content (AvgIpc) is 2.42. The van der Waals surface area contributed by atoms with Crippen molar-refractivity contribution >= 4 is 11.8 Å². The van der Waals surface area contributed by atoms with Crippen molar-refractivity contribution in [1.29, 1.82) is 0 Å². The maximum absolute atomic E-state index is 12.7. The number of halogens is 3. The first-order valence-corrected chi connectivity index (χ1v) is 7.55. The number of pyridine rings is 1. The number of rotatable bonds is 4. The zero-order valence-corrected chi connectivity index (χ0v) is 12.8. The fourth-order valence-electron chi connectivity index (χ4n) is 2.06. The summed E-state index contributed by atoms with van der Waals surface area (Å²) in [5.41, 5.74) is 0.552. The molecule has 2 rings (SSSR count). The number of hydrogen-bond acceptors (Lipinski definition) is 1. The van der Waals surface area contributed by atoms with E-state index in [-0.39, 0.29) is 0 Å². The van der Waals surface area contributed by atoms with E-state index in [9.17, 15) is 13.2 Å². The lowest BCUT2D eigenvalue weighted by Gasteiger charge is -2.10. The van der Waals surface area contributed by atoms with Gasteiger partial charge < -0.3 is 0 Å². The van der Waals surface area contributed by atoms with Crippen molar-refractivity contribution < 1.29 is 17.7 Å². The number of aryl methyl sites for hydroxylation is 2. The molecule has 0 saturated heterocycles. The topological polar surface area (TPSA) is 3.88 Å². The summed E-state index contributed by atoms with van der Waals surface area (Å²) in [4.78, 5) is 1.62. The zero-order valence-electron chi connectivity index (χ0n) is 11.9. The van der Waals surface area contributed by atoms with Crippen molar-refractivity contribution in [3.05, 3.63) is 53.9 Å². The van der Waals surface area contributed by atoms with Gasteiger partial charge in [0.25, 0.3) is 0 Å². The fraction of sp³-hybridized carbons (Fsp3) is 0.312. The molecule has 0 saturated carbocycles. The van der Waals surface area contributed by atoms with Gasteiger partial charge in [0.1, 0.15) is 7.05 Å². The SMILES string of the molecule is CCCc1c[n+](C)ccc1Sc1cccc(C(F)(F)F)c1. The summed E-state index contributed by atoms with van der Waals surface area (Å²) >= 11 is 1.38. The summed E-state index contributed by atoms with van der Waals surface area (Å²) in [5.74, 6) is 0. The molecule has 1 aromatic carbocycles. The van der Waals surface area contributed by atoms with Gasteiger partial charge in [-0.2, -0.15) is 13.2 Å². The van der Waals surface area contributed by atoms with Crippen LogP contribution in [0.15, 0.2) is 52.5 Å². The molecule has 0 aliphatic carbocycles. The highest BCUT2D eigenvalue weighted by Crippen LogP contribution is 2.35. The minimum absolute atomic E-state index is 0.606. The normalized spacial score (nSPS) is 11.7. The van der Waals surface area contributed by atoms with Crippen LogP contribution in [0.4, 0.5) is 13.2 Å². The minimum atomic E-state index is -4.30. The Morgan fingerprint density at radius 3 is 2.62 bits per heavy atom. The number of nitrogens with zero attached hydrogens (tertiary/aromatic N) is 1. The Labute approximate surface area is 126 Å². The predicted molar refractivity (Wildman–Crippen MR) is 77.2 cm³/mol. The van der Waals surface area contributed by atoms with Gasteiger partial charge in [0.2, 0.25) is 0 Å². The quantitative estimate of drug-likeness (QED) is 0.744. The first-order valence-electron chi connectivity index (χ1n) is 6.73. The highest BCUT2D eigenvalue weighted by Gasteiger charge is 2.30. The molecule has 0 N–H and O–H groups in total.